The molecule has 2 amide bonds. The van der Waals surface area contributed by atoms with Crippen LogP contribution >= 0.6 is 0 Å². The Kier molecular flexibility index (Phi) is 13.1. The molecule has 2 aliphatic rings. The van der Waals surface area contributed by atoms with E-state index in [1.807, 2.05) is 60.7 Å². The molecule has 2 heterocycles. The minimum atomic E-state index is -0.546. The van der Waals surface area contributed by atoms with Crippen LogP contribution in [0.15, 0.2) is 97.1 Å². The van der Waals surface area contributed by atoms with E-state index in [-0.39, 0.29) is 36.7 Å². The number of nitrogens with two attached hydrogens (primary N) is 1. The molecule has 4 atom stereocenters. The van der Waals surface area contributed by atoms with Gasteiger partial charge in [0.05, 0.1) is 36.3 Å². The van der Waals surface area contributed by atoms with Gasteiger partial charge in [0.25, 0.3) is 0 Å². The van der Waals surface area contributed by atoms with E-state index < -0.39 is 6.29 Å². The number of para-hydroxylation sites is 2. The number of unbranched alkanes of at least 4 members (excludes halogenated alkanes) is 2. The van der Waals surface area contributed by atoms with E-state index >= 15 is 0 Å². The van der Waals surface area contributed by atoms with Gasteiger partial charge in [-0.1, -0.05) is 85.3 Å². The van der Waals surface area contributed by atoms with Crippen LogP contribution in [-0.2, 0) is 32.2 Å². The first-order valence-electron chi connectivity index (χ1n) is 18.3. The Morgan fingerprint density at radius 2 is 1.56 bits per heavy atom. The molecule has 6 N–H and O–H groups in total. The van der Waals surface area contributed by atoms with Gasteiger partial charge in [-0.2, -0.15) is 0 Å². The Morgan fingerprint density at radius 3 is 2.29 bits per heavy atom. The zero-order valence-electron chi connectivity index (χ0n) is 29.6. The minimum absolute atomic E-state index is 0.00169. The van der Waals surface area contributed by atoms with Crippen LogP contribution in [0.4, 0.5) is 11.4 Å². The van der Waals surface area contributed by atoms with Crippen molar-refractivity contribution < 1.29 is 29.3 Å². The van der Waals surface area contributed by atoms with Crippen LogP contribution in [0.1, 0.15) is 79.6 Å². The van der Waals surface area contributed by atoms with Gasteiger partial charge in [0.1, 0.15) is 0 Å². The lowest BCUT2D eigenvalue weighted by Crippen LogP contribution is -2.38. The molecule has 52 heavy (non-hydrogen) atoms. The molecule has 2 saturated heterocycles. The van der Waals surface area contributed by atoms with Gasteiger partial charge in [0.2, 0.25) is 11.8 Å². The third-order valence-corrected chi connectivity index (χ3v) is 9.80. The normalized spacial score (nSPS) is 20.4. The maximum Gasteiger partial charge on any atom is 0.224 e. The molecular weight excluding hydrogens is 656 g/mol. The Labute approximate surface area is 305 Å². The second-order valence-electron chi connectivity index (χ2n) is 13.8. The lowest BCUT2D eigenvalue weighted by Gasteiger charge is -2.37. The molecule has 6 rings (SSSR count). The molecular formula is C42H50N4O6. The molecule has 274 valence electrons. The van der Waals surface area contributed by atoms with Gasteiger partial charge >= 0.3 is 0 Å². The summed E-state index contributed by atoms with van der Waals surface area (Å²) in [6.45, 7) is 2.68. The SMILES string of the molecule is Nc1ccccc1NC(=O)CCCCCC(=O)NCc1cccc(-c2ccc([C@@H]3O[C@H](CN4CC[C@H](O)C4)C[C@H](c4ccc(CO)cc4)O3)cc2)c1. The monoisotopic (exact) mass is 706 g/mol. The largest absolute Gasteiger partial charge is 0.397 e. The van der Waals surface area contributed by atoms with E-state index in [4.69, 9.17) is 15.2 Å². The summed E-state index contributed by atoms with van der Waals surface area (Å²) in [6.07, 6.45) is 3.42. The van der Waals surface area contributed by atoms with Crippen molar-refractivity contribution >= 4 is 23.2 Å². The quantitative estimate of drug-likeness (QED) is 0.0721. The molecule has 4 aromatic rings. The van der Waals surface area contributed by atoms with Crippen molar-refractivity contribution in [3.63, 3.8) is 0 Å². The van der Waals surface area contributed by atoms with E-state index in [0.29, 0.717) is 56.6 Å². The number of hydrogen-bond acceptors (Lipinski definition) is 8. The van der Waals surface area contributed by atoms with Crippen molar-refractivity contribution in [2.24, 2.45) is 0 Å². The first-order chi connectivity index (χ1) is 25.3. The maximum absolute atomic E-state index is 12.6. The van der Waals surface area contributed by atoms with Gasteiger partial charge in [-0.15, -0.1) is 0 Å². The number of aliphatic hydroxyl groups is 2. The molecule has 2 fully saturated rings. The first kappa shape index (κ1) is 37.2. The van der Waals surface area contributed by atoms with Crippen molar-refractivity contribution in [2.45, 2.75) is 82.7 Å². The lowest BCUT2D eigenvalue weighted by molar-refractivity contribution is -0.252. The highest BCUT2D eigenvalue weighted by molar-refractivity contribution is 5.93. The summed E-state index contributed by atoms with van der Waals surface area (Å²) in [5.41, 5.74) is 13.0. The molecule has 10 nitrogen and oxygen atoms in total. The van der Waals surface area contributed by atoms with Crippen LogP contribution in [-0.4, -0.2) is 58.8 Å². The zero-order valence-corrected chi connectivity index (χ0v) is 29.6. The number of ether oxygens (including phenoxy) is 2. The number of amides is 2. The predicted molar refractivity (Wildman–Crippen MR) is 202 cm³/mol. The number of carbonyl (C=O) groups is 2. The van der Waals surface area contributed by atoms with Crippen LogP contribution in [0, 0.1) is 0 Å². The van der Waals surface area contributed by atoms with Crippen LogP contribution in [0.2, 0.25) is 0 Å². The minimum Gasteiger partial charge on any atom is -0.397 e. The molecule has 10 heteroatoms. The van der Waals surface area contributed by atoms with Crippen molar-refractivity contribution in [1.82, 2.24) is 10.2 Å². The summed E-state index contributed by atoms with van der Waals surface area (Å²) in [5.74, 6) is -0.0860. The molecule has 0 bridgehead atoms. The molecule has 2 aliphatic heterocycles. The van der Waals surface area contributed by atoms with Gasteiger partial charge in [-0.05, 0) is 65.3 Å². The third kappa shape index (κ3) is 10.5. The number of likely N-dealkylation sites (tertiary alicyclic amines) is 1. The molecule has 0 aromatic heterocycles. The first-order valence-corrected chi connectivity index (χ1v) is 18.3. The number of nitrogens with one attached hydrogen (secondary N) is 2. The van der Waals surface area contributed by atoms with Crippen molar-refractivity contribution in [2.75, 3.05) is 30.7 Å². The number of benzene rings is 4. The Hall–Kier alpha value is -4.58. The molecule has 0 aliphatic carbocycles. The lowest BCUT2D eigenvalue weighted by atomic mass is 9.99. The number of β-amino-alcohol motifs (C(OH)–C–C–N with tert-alkyl or cyclic N) is 1. The van der Waals surface area contributed by atoms with Gasteiger partial charge in [-0.3, -0.25) is 14.5 Å². The summed E-state index contributed by atoms with van der Waals surface area (Å²) >= 11 is 0. The summed E-state index contributed by atoms with van der Waals surface area (Å²) in [7, 11) is 0. The standard InChI is InChI=1S/C42H50N4O6/c43-37-9-4-5-10-38(37)45-41(50)12-3-1-2-11-40(49)44-25-30-7-6-8-34(23-30)31-17-19-33(20-18-31)42-51-36(27-46-22-21-35(48)26-46)24-39(52-42)32-15-13-29(28-47)14-16-32/h4-10,13-20,23,35-36,39,42,47-48H,1-3,11-12,21-22,24-28,43H2,(H,44,49)(H,45,50)/t35-,36-,39+,42+/m0/s1. The predicted octanol–water partition coefficient (Wildman–Crippen LogP) is 6.25. The Bertz CT molecular complexity index is 1770. The van der Waals surface area contributed by atoms with Crippen LogP contribution in [0.3, 0.4) is 0 Å². The van der Waals surface area contributed by atoms with Gasteiger partial charge in [-0.25, -0.2) is 0 Å². The number of rotatable bonds is 15. The molecule has 4 aromatic carbocycles. The summed E-state index contributed by atoms with van der Waals surface area (Å²) in [4.78, 5) is 27.0. The highest BCUT2D eigenvalue weighted by Gasteiger charge is 2.34. The highest BCUT2D eigenvalue weighted by atomic mass is 16.7. The number of hydrogen-bond donors (Lipinski definition) is 5. The third-order valence-electron chi connectivity index (χ3n) is 9.80. The van der Waals surface area contributed by atoms with E-state index in [0.717, 1.165) is 59.3 Å². The fourth-order valence-electron chi connectivity index (χ4n) is 6.85. The number of carbonyl (C=O) groups excluding carboxylic acids is 2. The number of nitrogens with zero attached hydrogens (tertiary/aromatic N) is 1. The molecule has 0 unspecified atom stereocenters. The number of aliphatic hydroxyl groups excluding tert-OH is 2. The van der Waals surface area contributed by atoms with Crippen LogP contribution in [0.5, 0.6) is 0 Å². The second kappa shape index (κ2) is 18.3. The smallest absolute Gasteiger partial charge is 0.224 e. The molecule has 0 spiro atoms. The van der Waals surface area contributed by atoms with Crippen molar-refractivity contribution in [3.8, 4) is 11.1 Å². The van der Waals surface area contributed by atoms with Crippen LogP contribution < -0.4 is 16.4 Å². The summed E-state index contributed by atoms with van der Waals surface area (Å²) < 4.78 is 13.0. The Morgan fingerprint density at radius 1 is 0.808 bits per heavy atom. The summed E-state index contributed by atoms with van der Waals surface area (Å²) in [5, 5.41) is 25.4. The summed E-state index contributed by atoms with van der Waals surface area (Å²) in [6, 6.07) is 31.5. The average Bonchev–Trinajstić information content (AvgIpc) is 3.58. The van der Waals surface area contributed by atoms with E-state index in [2.05, 4.69) is 39.8 Å². The topological polar surface area (TPSA) is 146 Å². The van der Waals surface area contributed by atoms with Crippen molar-refractivity contribution in [1.29, 1.82) is 0 Å². The fraction of sp³-hybridized carbons (Fsp3) is 0.381. The number of nitrogen functional groups attached to an aromatic ring is 1. The zero-order chi connectivity index (χ0) is 36.3. The molecule has 0 saturated carbocycles. The average molecular weight is 707 g/mol. The highest BCUT2D eigenvalue weighted by Crippen LogP contribution is 2.39. The maximum atomic E-state index is 12.6. The van der Waals surface area contributed by atoms with Gasteiger partial charge in [0.15, 0.2) is 6.29 Å². The van der Waals surface area contributed by atoms with Gasteiger partial charge < -0.3 is 36.1 Å². The fourth-order valence-corrected chi connectivity index (χ4v) is 6.85. The van der Waals surface area contributed by atoms with E-state index in [1.54, 1.807) is 12.1 Å². The number of anilines is 2. The van der Waals surface area contributed by atoms with E-state index in [9.17, 15) is 19.8 Å². The van der Waals surface area contributed by atoms with Crippen LogP contribution in [0.25, 0.3) is 11.1 Å². The molecule has 0 radical (unpaired) electrons. The van der Waals surface area contributed by atoms with Crippen molar-refractivity contribution in [3.05, 3.63) is 119 Å². The second-order valence-corrected chi connectivity index (χ2v) is 13.8. The van der Waals surface area contributed by atoms with Gasteiger partial charge in [0, 0.05) is 51.0 Å². The Balaban J connectivity index is 0.990. The van der Waals surface area contributed by atoms with E-state index in [1.165, 1.54) is 0 Å².